The molecule has 2 heterocycles. The van der Waals surface area contributed by atoms with Crippen molar-refractivity contribution in [2.24, 2.45) is 0 Å². The lowest BCUT2D eigenvalue weighted by Gasteiger charge is -2.05. The van der Waals surface area contributed by atoms with Crippen LogP contribution in [0.15, 0.2) is 10.7 Å². The molecular formula is C10H12ClN5O. The number of nitrogens with two attached hydrogens (primary N) is 1. The van der Waals surface area contributed by atoms with Crippen molar-refractivity contribution in [2.75, 3.05) is 11.1 Å². The molecule has 90 valence electrons. The number of nitrogens with one attached hydrogen (secondary N) is 1. The van der Waals surface area contributed by atoms with E-state index in [1.807, 2.05) is 13.8 Å². The van der Waals surface area contributed by atoms with Gasteiger partial charge in [0.1, 0.15) is 22.9 Å². The number of anilines is 2. The second kappa shape index (κ2) is 4.58. The van der Waals surface area contributed by atoms with E-state index in [-0.39, 0.29) is 5.82 Å². The largest absolute Gasteiger partial charge is 0.444 e. The standard InChI is InChI=1S/C10H12ClN5O/c1-5-6(2)17-7(16-5)3-13-10-8(11)9(12)14-4-15-10/h4H,3H2,1-2H3,(H3,12,13,14,15). The average Bonchev–Trinajstić information content (AvgIpc) is 2.61. The maximum absolute atomic E-state index is 5.93. The third-order valence-electron chi connectivity index (χ3n) is 2.30. The normalized spacial score (nSPS) is 10.5. The molecule has 2 aromatic rings. The van der Waals surface area contributed by atoms with Crippen LogP contribution in [-0.2, 0) is 6.54 Å². The molecule has 0 aliphatic carbocycles. The van der Waals surface area contributed by atoms with Crippen molar-refractivity contribution in [2.45, 2.75) is 20.4 Å². The molecule has 2 rings (SSSR count). The van der Waals surface area contributed by atoms with Gasteiger partial charge in [-0.15, -0.1) is 0 Å². The molecule has 0 amide bonds. The number of nitrogens with zero attached hydrogens (tertiary/aromatic N) is 3. The van der Waals surface area contributed by atoms with Crippen LogP contribution in [0.4, 0.5) is 11.6 Å². The Kier molecular flexibility index (Phi) is 3.14. The van der Waals surface area contributed by atoms with Gasteiger partial charge in [-0.2, -0.15) is 0 Å². The summed E-state index contributed by atoms with van der Waals surface area (Å²) in [4.78, 5) is 12.0. The first-order valence-corrected chi connectivity index (χ1v) is 5.38. The Morgan fingerprint density at radius 2 is 2.18 bits per heavy atom. The zero-order valence-electron chi connectivity index (χ0n) is 9.49. The first-order valence-electron chi connectivity index (χ1n) is 5.00. The highest BCUT2D eigenvalue weighted by molar-refractivity contribution is 6.35. The van der Waals surface area contributed by atoms with Gasteiger partial charge in [-0.1, -0.05) is 11.6 Å². The summed E-state index contributed by atoms with van der Waals surface area (Å²) in [7, 11) is 0. The van der Waals surface area contributed by atoms with E-state index in [1.54, 1.807) is 0 Å². The molecular weight excluding hydrogens is 242 g/mol. The highest BCUT2D eigenvalue weighted by Crippen LogP contribution is 2.23. The fourth-order valence-corrected chi connectivity index (χ4v) is 1.45. The molecule has 7 heteroatoms. The van der Waals surface area contributed by atoms with Crippen LogP contribution in [0.3, 0.4) is 0 Å². The maximum Gasteiger partial charge on any atom is 0.213 e. The highest BCUT2D eigenvalue weighted by Gasteiger charge is 2.09. The van der Waals surface area contributed by atoms with E-state index in [0.29, 0.717) is 23.3 Å². The number of nitrogen functional groups attached to an aromatic ring is 1. The summed E-state index contributed by atoms with van der Waals surface area (Å²) in [5, 5.41) is 3.29. The van der Waals surface area contributed by atoms with Crippen LogP contribution in [0, 0.1) is 13.8 Å². The van der Waals surface area contributed by atoms with Crippen LogP contribution in [0.5, 0.6) is 0 Å². The van der Waals surface area contributed by atoms with Crippen molar-refractivity contribution in [3.8, 4) is 0 Å². The molecule has 0 aliphatic heterocycles. The van der Waals surface area contributed by atoms with Crippen molar-refractivity contribution in [1.82, 2.24) is 15.0 Å². The summed E-state index contributed by atoms with van der Waals surface area (Å²) in [6.45, 7) is 4.14. The molecule has 0 saturated heterocycles. The second-order valence-electron chi connectivity index (χ2n) is 3.52. The van der Waals surface area contributed by atoms with Crippen LogP contribution in [-0.4, -0.2) is 15.0 Å². The number of oxazole rings is 1. The second-order valence-corrected chi connectivity index (χ2v) is 3.90. The van der Waals surface area contributed by atoms with Gasteiger partial charge in [0, 0.05) is 0 Å². The molecule has 0 fully saturated rings. The minimum absolute atomic E-state index is 0.240. The minimum Gasteiger partial charge on any atom is -0.444 e. The van der Waals surface area contributed by atoms with Gasteiger partial charge in [-0.05, 0) is 13.8 Å². The molecule has 3 N–H and O–H groups in total. The van der Waals surface area contributed by atoms with Gasteiger partial charge < -0.3 is 15.5 Å². The van der Waals surface area contributed by atoms with Gasteiger partial charge in [0.25, 0.3) is 0 Å². The van der Waals surface area contributed by atoms with Crippen LogP contribution in [0.25, 0.3) is 0 Å². The van der Waals surface area contributed by atoms with E-state index in [2.05, 4.69) is 20.3 Å². The Bertz CT molecular complexity index is 520. The molecule has 0 atom stereocenters. The zero-order valence-corrected chi connectivity index (χ0v) is 10.2. The third-order valence-corrected chi connectivity index (χ3v) is 2.67. The Labute approximate surface area is 103 Å². The third kappa shape index (κ3) is 2.47. The summed E-state index contributed by atoms with van der Waals surface area (Å²) in [6.07, 6.45) is 1.34. The van der Waals surface area contributed by atoms with Gasteiger partial charge in [0.15, 0.2) is 5.82 Å². The van der Waals surface area contributed by atoms with Gasteiger partial charge >= 0.3 is 0 Å². The SMILES string of the molecule is Cc1nc(CNc2ncnc(N)c2Cl)oc1C. The topological polar surface area (TPSA) is 89.9 Å². The number of halogens is 1. The van der Waals surface area contributed by atoms with Crippen molar-refractivity contribution in [3.63, 3.8) is 0 Å². The minimum atomic E-state index is 0.240. The smallest absolute Gasteiger partial charge is 0.213 e. The van der Waals surface area contributed by atoms with E-state index in [9.17, 15) is 0 Å². The molecule has 0 saturated carbocycles. The lowest BCUT2D eigenvalue weighted by atomic mass is 10.4. The van der Waals surface area contributed by atoms with E-state index in [0.717, 1.165) is 11.5 Å². The fourth-order valence-electron chi connectivity index (χ4n) is 1.28. The van der Waals surface area contributed by atoms with Crippen molar-refractivity contribution >= 4 is 23.2 Å². The molecule has 0 aromatic carbocycles. The van der Waals surface area contributed by atoms with E-state index in [1.165, 1.54) is 6.33 Å². The van der Waals surface area contributed by atoms with Crippen molar-refractivity contribution in [1.29, 1.82) is 0 Å². The number of aromatic nitrogens is 3. The molecule has 2 aromatic heterocycles. The van der Waals surface area contributed by atoms with Crippen LogP contribution in [0.2, 0.25) is 5.02 Å². The molecule has 6 nitrogen and oxygen atoms in total. The van der Waals surface area contributed by atoms with Gasteiger partial charge in [0.05, 0.1) is 12.2 Å². The average molecular weight is 254 g/mol. The van der Waals surface area contributed by atoms with Crippen LogP contribution >= 0.6 is 11.6 Å². The van der Waals surface area contributed by atoms with Gasteiger partial charge in [0.2, 0.25) is 5.89 Å². The summed E-state index contributed by atoms with van der Waals surface area (Å²) in [5.74, 6) is 2.08. The zero-order chi connectivity index (χ0) is 12.4. The summed E-state index contributed by atoms with van der Waals surface area (Å²) < 4.78 is 5.41. The number of hydrogen-bond acceptors (Lipinski definition) is 6. The van der Waals surface area contributed by atoms with Crippen molar-refractivity contribution < 1.29 is 4.42 Å². The highest BCUT2D eigenvalue weighted by atomic mass is 35.5. The number of aryl methyl sites for hydroxylation is 2. The summed E-state index contributed by atoms with van der Waals surface area (Å²) in [5.41, 5.74) is 6.43. The summed E-state index contributed by atoms with van der Waals surface area (Å²) in [6, 6.07) is 0. The van der Waals surface area contributed by atoms with Crippen LogP contribution < -0.4 is 11.1 Å². The quantitative estimate of drug-likeness (QED) is 0.869. The first kappa shape index (κ1) is 11.7. The maximum atomic E-state index is 5.93. The predicted octanol–water partition coefficient (Wildman–Crippen LogP) is 1.93. The Morgan fingerprint density at radius 1 is 1.41 bits per heavy atom. The van der Waals surface area contributed by atoms with Gasteiger partial charge in [-0.25, -0.2) is 15.0 Å². The van der Waals surface area contributed by atoms with E-state index in [4.69, 9.17) is 21.8 Å². The molecule has 0 aliphatic rings. The molecule has 0 unspecified atom stereocenters. The van der Waals surface area contributed by atoms with Crippen molar-refractivity contribution in [3.05, 3.63) is 28.7 Å². The van der Waals surface area contributed by atoms with E-state index < -0.39 is 0 Å². The first-order chi connectivity index (χ1) is 8.08. The van der Waals surface area contributed by atoms with E-state index >= 15 is 0 Å². The Morgan fingerprint density at radius 3 is 2.82 bits per heavy atom. The number of rotatable bonds is 3. The lowest BCUT2D eigenvalue weighted by molar-refractivity contribution is 0.478. The molecule has 0 bridgehead atoms. The summed E-state index contributed by atoms with van der Waals surface area (Å²) >= 11 is 5.93. The molecule has 0 spiro atoms. The lowest BCUT2D eigenvalue weighted by Crippen LogP contribution is -2.04. The predicted molar refractivity (Wildman–Crippen MR) is 64.8 cm³/mol. The molecule has 17 heavy (non-hydrogen) atoms. The number of hydrogen-bond donors (Lipinski definition) is 2. The Balaban J connectivity index is 2.10. The molecule has 0 radical (unpaired) electrons. The monoisotopic (exact) mass is 253 g/mol. The van der Waals surface area contributed by atoms with Gasteiger partial charge in [-0.3, -0.25) is 0 Å². The Hall–Kier alpha value is -1.82. The fraction of sp³-hybridized carbons (Fsp3) is 0.300. The van der Waals surface area contributed by atoms with Crippen LogP contribution in [0.1, 0.15) is 17.3 Å².